The van der Waals surface area contributed by atoms with Crippen LogP contribution < -0.4 is 0 Å². The first-order valence-corrected chi connectivity index (χ1v) is 2.64. The molecule has 1 rings (SSSR count). The first-order chi connectivity index (χ1) is 3.84. The Morgan fingerprint density at radius 2 is 2.38 bits per heavy atom. The molecule has 0 spiro atoms. The smallest absolute Gasteiger partial charge is 0.0450 e. The molecule has 1 saturated carbocycles. The molecule has 40 valence electrons. The van der Waals surface area contributed by atoms with Crippen LogP contribution in [0.2, 0.25) is 0 Å². The topological polar surface area (TPSA) is 0 Å². The van der Waals surface area contributed by atoms with Crippen molar-refractivity contribution in [3.8, 4) is 11.8 Å². The van der Waals surface area contributed by atoms with Crippen LogP contribution in [0.25, 0.3) is 0 Å². The molecular formula is C8H8. The van der Waals surface area contributed by atoms with Gasteiger partial charge in [-0.05, 0) is 12.5 Å². The minimum Gasteiger partial charge on any atom is -0.0986 e. The minimum absolute atomic E-state index is 0.494. The Balaban J connectivity index is 2.42. The van der Waals surface area contributed by atoms with Gasteiger partial charge in [0.05, 0.1) is 0 Å². The molecule has 0 amide bonds. The fourth-order valence-corrected chi connectivity index (χ4v) is 0.516. The maximum absolute atomic E-state index is 3.76. The van der Waals surface area contributed by atoms with E-state index in [1.54, 1.807) is 6.08 Å². The molecule has 0 radical (unpaired) electrons. The zero-order chi connectivity index (χ0) is 5.98. The van der Waals surface area contributed by atoms with Gasteiger partial charge in [-0.15, -0.1) is 0 Å². The zero-order valence-corrected chi connectivity index (χ0v) is 4.78. The average Bonchev–Trinajstić information content (AvgIpc) is 2.42. The van der Waals surface area contributed by atoms with Crippen molar-refractivity contribution in [3.05, 3.63) is 24.8 Å². The first-order valence-electron chi connectivity index (χ1n) is 2.64. The molecule has 0 aromatic carbocycles. The van der Waals surface area contributed by atoms with E-state index in [0.29, 0.717) is 5.92 Å². The van der Waals surface area contributed by atoms with Gasteiger partial charge in [0, 0.05) is 5.92 Å². The van der Waals surface area contributed by atoms with E-state index < -0.39 is 0 Å². The van der Waals surface area contributed by atoms with Gasteiger partial charge in [0.1, 0.15) is 0 Å². The van der Waals surface area contributed by atoms with Crippen LogP contribution in [-0.2, 0) is 0 Å². The van der Waals surface area contributed by atoms with E-state index in [2.05, 4.69) is 25.0 Å². The standard InChI is InChI=1S/C8H8/c1-3-4-5-8-6-7(8)2/h3,8H,1-2,6H2. The quantitative estimate of drug-likeness (QED) is 0.324. The van der Waals surface area contributed by atoms with Crippen molar-refractivity contribution in [1.29, 1.82) is 0 Å². The molecule has 0 bridgehead atoms. The van der Waals surface area contributed by atoms with Gasteiger partial charge in [0.2, 0.25) is 0 Å². The molecule has 0 aromatic rings. The molecule has 1 atom stereocenters. The summed E-state index contributed by atoms with van der Waals surface area (Å²) in [5.74, 6) is 6.28. The molecule has 1 unspecified atom stereocenters. The summed E-state index contributed by atoms with van der Waals surface area (Å²) in [7, 11) is 0. The van der Waals surface area contributed by atoms with Crippen molar-refractivity contribution in [1.82, 2.24) is 0 Å². The van der Waals surface area contributed by atoms with E-state index in [1.165, 1.54) is 5.57 Å². The highest BCUT2D eigenvalue weighted by Crippen LogP contribution is 2.34. The second kappa shape index (κ2) is 1.88. The number of hydrogen-bond acceptors (Lipinski definition) is 0. The van der Waals surface area contributed by atoms with E-state index in [-0.39, 0.29) is 0 Å². The summed E-state index contributed by atoms with van der Waals surface area (Å²) in [6.07, 6.45) is 2.71. The lowest BCUT2D eigenvalue weighted by molar-refractivity contribution is 1.22. The fraction of sp³-hybridized carbons (Fsp3) is 0.250. The van der Waals surface area contributed by atoms with E-state index in [1.807, 2.05) is 0 Å². The van der Waals surface area contributed by atoms with Crippen molar-refractivity contribution in [2.45, 2.75) is 6.42 Å². The van der Waals surface area contributed by atoms with Crippen LogP contribution >= 0.6 is 0 Å². The van der Waals surface area contributed by atoms with Crippen LogP contribution in [0.5, 0.6) is 0 Å². The van der Waals surface area contributed by atoms with Crippen molar-refractivity contribution in [2.24, 2.45) is 5.92 Å². The monoisotopic (exact) mass is 104 g/mol. The van der Waals surface area contributed by atoms with Crippen LogP contribution in [0.4, 0.5) is 0 Å². The zero-order valence-electron chi connectivity index (χ0n) is 4.78. The third-order valence-corrected chi connectivity index (χ3v) is 1.16. The predicted molar refractivity (Wildman–Crippen MR) is 35.2 cm³/mol. The minimum atomic E-state index is 0.494. The summed E-state index contributed by atoms with van der Waals surface area (Å²) in [4.78, 5) is 0. The van der Waals surface area contributed by atoms with Gasteiger partial charge < -0.3 is 0 Å². The summed E-state index contributed by atoms with van der Waals surface area (Å²) in [6, 6.07) is 0. The normalized spacial score (nSPS) is 23.5. The van der Waals surface area contributed by atoms with E-state index >= 15 is 0 Å². The van der Waals surface area contributed by atoms with Gasteiger partial charge in [-0.25, -0.2) is 0 Å². The van der Waals surface area contributed by atoms with Gasteiger partial charge in [-0.3, -0.25) is 0 Å². The molecule has 1 aliphatic carbocycles. The molecule has 0 nitrogen and oxygen atoms in total. The van der Waals surface area contributed by atoms with Crippen LogP contribution in [-0.4, -0.2) is 0 Å². The summed E-state index contributed by atoms with van der Waals surface area (Å²) in [5.41, 5.74) is 1.26. The highest BCUT2D eigenvalue weighted by Gasteiger charge is 2.24. The van der Waals surface area contributed by atoms with Gasteiger partial charge in [-0.1, -0.05) is 30.6 Å². The second-order valence-corrected chi connectivity index (χ2v) is 1.91. The Hall–Kier alpha value is -0.960. The Bertz CT molecular complexity index is 176. The summed E-state index contributed by atoms with van der Waals surface area (Å²) >= 11 is 0. The Morgan fingerprint density at radius 3 is 2.75 bits per heavy atom. The SMILES string of the molecule is C=CC#CC1CC1=C. The molecule has 0 heterocycles. The molecule has 8 heavy (non-hydrogen) atoms. The maximum atomic E-state index is 3.76. The summed E-state index contributed by atoms with van der Waals surface area (Å²) < 4.78 is 0. The van der Waals surface area contributed by atoms with Crippen LogP contribution in [0.15, 0.2) is 24.8 Å². The molecular weight excluding hydrogens is 96.1 g/mol. The van der Waals surface area contributed by atoms with Crippen molar-refractivity contribution in [2.75, 3.05) is 0 Å². The lowest BCUT2D eigenvalue weighted by Gasteiger charge is -1.66. The summed E-state index contributed by atoms with van der Waals surface area (Å²) in [5, 5.41) is 0. The van der Waals surface area contributed by atoms with E-state index in [9.17, 15) is 0 Å². The Labute approximate surface area is 49.9 Å². The average molecular weight is 104 g/mol. The van der Waals surface area contributed by atoms with E-state index in [0.717, 1.165) is 6.42 Å². The predicted octanol–water partition coefficient (Wildman–Crippen LogP) is 1.75. The third-order valence-electron chi connectivity index (χ3n) is 1.16. The molecule has 0 aromatic heterocycles. The highest BCUT2D eigenvalue weighted by molar-refractivity contribution is 5.33. The molecule has 0 heteroatoms. The molecule has 0 aliphatic heterocycles. The highest BCUT2D eigenvalue weighted by atomic mass is 14.3. The summed E-state index contributed by atoms with van der Waals surface area (Å²) in [6.45, 7) is 7.25. The van der Waals surface area contributed by atoms with Gasteiger partial charge >= 0.3 is 0 Å². The van der Waals surface area contributed by atoms with Gasteiger partial charge in [0.15, 0.2) is 0 Å². The second-order valence-electron chi connectivity index (χ2n) is 1.91. The van der Waals surface area contributed by atoms with Gasteiger partial charge in [0.25, 0.3) is 0 Å². The van der Waals surface area contributed by atoms with Crippen LogP contribution in [0.3, 0.4) is 0 Å². The number of hydrogen-bond donors (Lipinski definition) is 0. The van der Waals surface area contributed by atoms with Crippen molar-refractivity contribution >= 4 is 0 Å². The number of allylic oxidation sites excluding steroid dienone is 2. The van der Waals surface area contributed by atoms with E-state index in [4.69, 9.17) is 0 Å². The Morgan fingerprint density at radius 1 is 1.75 bits per heavy atom. The lowest BCUT2D eigenvalue weighted by Crippen LogP contribution is -1.59. The molecule has 1 fully saturated rings. The lowest BCUT2D eigenvalue weighted by atomic mass is 10.4. The maximum Gasteiger partial charge on any atom is 0.0450 e. The molecule has 1 aliphatic rings. The van der Waals surface area contributed by atoms with Crippen molar-refractivity contribution < 1.29 is 0 Å². The van der Waals surface area contributed by atoms with Crippen LogP contribution in [0.1, 0.15) is 6.42 Å². The van der Waals surface area contributed by atoms with Crippen molar-refractivity contribution in [3.63, 3.8) is 0 Å². The number of rotatable bonds is 0. The van der Waals surface area contributed by atoms with Gasteiger partial charge in [-0.2, -0.15) is 0 Å². The third kappa shape index (κ3) is 1.01. The molecule has 0 N–H and O–H groups in total. The largest absolute Gasteiger partial charge is 0.0986 e. The Kier molecular flexibility index (Phi) is 1.22. The first kappa shape index (κ1) is 5.18. The van der Waals surface area contributed by atoms with Crippen LogP contribution in [0, 0.1) is 17.8 Å². The molecule has 0 saturated heterocycles. The fourth-order valence-electron chi connectivity index (χ4n) is 0.516.